The average Bonchev–Trinajstić information content (AvgIpc) is 2.51. The lowest BCUT2D eigenvalue weighted by molar-refractivity contribution is -0.145. The van der Waals surface area contributed by atoms with Crippen LogP contribution in [0.2, 0.25) is 0 Å². The Morgan fingerprint density at radius 3 is 3.00 bits per heavy atom. The number of carbonyl (C=O) groups excluding carboxylic acids is 1. The van der Waals surface area contributed by atoms with Crippen molar-refractivity contribution in [2.24, 2.45) is 0 Å². The van der Waals surface area contributed by atoms with Crippen molar-refractivity contribution in [3.8, 4) is 0 Å². The SMILES string of the molecule is C=C(O)C(=O)OCC1CCCO1. The Morgan fingerprint density at radius 1 is 1.75 bits per heavy atom. The zero-order valence-electron chi connectivity index (χ0n) is 6.78. The Hall–Kier alpha value is -1.03. The smallest absolute Gasteiger partial charge is 0.372 e. The van der Waals surface area contributed by atoms with Gasteiger partial charge in [-0.3, -0.25) is 0 Å². The van der Waals surface area contributed by atoms with Gasteiger partial charge < -0.3 is 14.6 Å². The summed E-state index contributed by atoms with van der Waals surface area (Å²) in [4.78, 5) is 10.7. The number of aliphatic hydroxyl groups is 1. The highest BCUT2D eigenvalue weighted by Gasteiger charge is 2.17. The number of esters is 1. The number of aliphatic hydroxyl groups excluding tert-OH is 1. The Labute approximate surface area is 70.8 Å². The molecular weight excluding hydrogens is 160 g/mol. The molecule has 68 valence electrons. The predicted molar refractivity (Wildman–Crippen MR) is 41.7 cm³/mol. The largest absolute Gasteiger partial charge is 0.502 e. The number of ether oxygens (including phenoxy) is 2. The Bertz CT molecular complexity index is 181. The number of hydrogen-bond acceptors (Lipinski definition) is 4. The molecule has 0 saturated carbocycles. The van der Waals surface area contributed by atoms with Gasteiger partial charge in [-0.15, -0.1) is 0 Å². The third-order valence-electron chi connectivity index (χ3n) is 1.66. The van der Waals surface area contributed by atoms with Crippen molar-refractivity contribution in [3.05, 3.63) is 12.3 Å². The summed E-state index contributed by atoms with van der Waals surface area (Å²) in [6, 6.07) is 0. The monoisotopic (exact) mass is 172 g/mol. The van der Waals surface area contributed by atoms with Crippen LogP contribution in [-0.4, -0.2) is 30.4 Å². The van der Waals surface area contributed by atoms with Gasteiger partial charge in [0, 0.05) is 6.61 Å². The molecule has 4 nitrogen and oxygen atoms in total. The van der Waals surface area contributed by atoms with Crippen molar-refractivity contribution < 1.29 is 19.4 Å². The molecular formula is C8H12O4. The fourth-order valence-electron chi connectivity index (χ4n) is 1.03. The summed E-state index contributed by atoms with van der Waals surface area (Å²) in [5.74, 6) is -1.33. The maximum atomic E-state index is 10.7. The molecule has 0 spiro atoms. The third kappa shape index (κ3) is 2.54. The van der Waals surface area contributed by atoms with E-state index in [0.29, 0.717) is 0 Å². The minimum absolute atomic E-state index is 0.00620. The second-order valence-electron chi connectivity index (χ2n) is 2.68. The summed E-state index contributed by atoms with van der Waals surface area (Å²) in [5.41, 5.74) is 0. The molecule has 0 aromatic carbocycles. The lowest BCUT2D eigenvalue weighted by Crippen LogP contribution is -2.18. The van der Waals surface area contributed by atoms with Crippen LogP contribution in [0.1, 0.15) is 12.8 Å². The maximum Gasteiger partial charge on any atom is 0.372 e. The lowest BCUT2D eigenvalue weighted by atomic mass is 10.2. The molecule has 0 aliphatic carbocycles. The second kappa shape index (κ2) is 4.11. The third-order valence-corrected chi connectivity index (χ3v) is 1.66. The molecule has 1 rings (SSSR count). The highest BCUT2D eigenvalue weighted by molar-refractivity contribution is 5.84. The molecule has 1 N–H and O–H groups in total. The van der Waals surface area contributed by atoms with Gasteiger partial charge in [0.1, 0.15) is 6.61 Å². The second-order valence-corrected chi connectivity index (χ2v) is 2.68. The number of rotatable bonds is 3. The quantitative estimate of drug-likeness (QED) is 0.388. The molecule has 1 aliphatic rings. The van der Waals surface area contributed by atoms with E-state index in [2.05, 4.69) is 11.3 Å². The summed E-state index contributed by atoms with van der Waals surface area (Å²) in [6.45, 7) is 3.97. The van der Waals surface area contributed by atoms with Crippen molar-refractivity contribution in [2.45, 2.75) is 18.9 Å². The van der Waals surface area contributed by atoms with Gasteiger partial charge in [-0.1, -0.05) is 0 Å². The predicted octanol–water partition coefficient (Wildman–Crippen LogP) is 0.780. The molecule has 1 saturated heterocycles. The minimum Gasteiger partial charge on any atom is -0.502 e. The van der Waals surface area contributed by atoms with Gasteiger partial charge in [-0.2, -0.15) is 0 Å². The van der Waals surface area contributed by atoms with Crippen LogP contribution in [0.4, 0.5) is 0 Å². The van der Waals surface area contributed by atoms with Crippen LogP contribution in [0.3, 0.4) is 0 Å². The summed E-state index contributed by atoms with van der Waals surface area (Å²) in [5, 5.41) is 8.59. The van der Waals surface area contributed by atoms with Gasteiger partial charge in [-0.25, -0.2) is 4.79 Å². The van der Waals surface area contributed by atoms with Crippen LogP contribution < -0.4 is 0 Å². The molecule has 0 aromatic heterocycles. The molecule has 1 heterocycles. The Balaban J connectivity index is 2.16. The van der Waals surface area contributed by atoms with Crippen LogP contribution >= 0.6 is 0 Å². The normalized spacial score (nSPS) is 22.2. The van der Waals surface area contributed by atoms with Gasteiger partial charge in [0.05, 0.1) is 6.10 Å². The molecule has 0 aromatic rings. The molecule has 1 aliphatic heterocycles. The maximum absolute atomic E-state index is 10.7. The first-order valence-corrected chi connectivity index (χ1v) is 3.86. The van der Waals surface area contributed by atoms with E-state index in [1.54, 1.807) is 0 Å². The summed E-state index contributed by atoms with van der Waals surface area (Å²) in [6.07, 6.45) is 1.90. The van der Waals surface area contributed by atoms with Gasteiger partial charge in [-0.05, 0) is 19.4 Å². The Kier molecular flexibility index (Phi) is 3.10. The fourth-order valence-corrected chi connectivity index (χ4v) is 1.03. The highest BCUT2D eigenvalue weighted by atomic mass is 16.6. The van der Waals surface area contributed by atoms with Gasteiger partial charge in [0.15, 0.2) is 5.76 Å². The van der Waals surface area contributed by atoms with Crippen molar-refractivity contribution in [1.82, 2.24) is 0 Å². The fraction of sp³-hybridized carbons (Fsp3) is 0.625. The average molecular weight is 172 g/mol. The first-order chi connectivity index (χ1) is 5.70. The van der Waals surface area contributed by atoms with E-state index < -0.39 is 11.7 Å². The van der Waals surface area contributed by atoms with Crippen molar-refractivity contribution in [1.29, 1.82) is 0 Å². The van der Waals surface area contributed by atoms with Crippen LogP contribution in [0.25, 0.3) is 0 Å². The highest BCUT2D eigenvalue weighted by Crippen LogP contribution is 2.12. The van der Waals surface area contributed by atoms with Gasteiger partial charge in [0.2, 0.25) is 0 Å². The Morgan fingerprint density at radius 2 is 2.50 bits per heavy atom. The molecule has 12 heavy (non-hydrogen) atoms. The van der Waals surface area contributed by atoms with Crippen LogP contribution in [0, 0.1) is 0 Å². The molecule has 0 bridgehead atoms. The molecule has 1 atom stereocenters. The zero-order chi connectivity index (χ0) is 8.97. The number of hydrogen-bond donors (Lipinski definition) is 1. The number of carbonyl (C=O) groups is 1. The molecule has 1 fully saturated rings. The van der Waals surface area contributed by atoms with Gasteiger partial charge in [0.25, 0.3) is 0 Å². The first-order valence-electron chi connectivity index (χ1n) is 3.86. The molecule has 1 unspecified atom stereocenters. The van der Waals surface area contributed by atoms with Crippen molar-refractivity contribution in [2.75, 3.05) is 13.2 Å². The standard InChI is InChI=1S/C8H12O4/c1-6(9)8(10)12-5-7-3-2-4-11-7/h7,9H,1-5H2. The van der Waals surface area contributed by atoms with E-state index in [4.69, 9.17) is 9.84 Å². The van der Waals surface area contributed by atoms with E-state index in [0.717, 1.165) is 19.4 Å². The van der Waals surface area contributed by atoms with E-state index in [1.165, 1.54) is 0 Å². The van der Waals surface area contributed by atoms with Crippen molar-refractivity contribution in [3.63, 3.8) is 0 Å². The van der Waals surface area contributed by atoms with Crippen LogP contribution in [0.15, 0.2) is 12.3 Å². The topological polar surface area (TPSA) is 55.8 Å². The molecule has 4 heteroatoms. The van der Waals surface area contributed by atoms with E-state index in [-0.39, 0.29) is 12.7 Å². The lowest BCUT2D eigenvalue weighted by Gasteiger charge is -2.08. The van der Waals surface area contributed by atoms with Crippen LogP contribution in [-0.2, 0) is 14.3 Å². The zero-order valence-corrected chi connectivity index (χ0v) is 6.78. The summed E-state index contributed by atoms with van der Waals surface area (Å²) < 4.78 is 9.87. The molecule has 0 radical (unpaired) electrons. The minimum atomic E-state index is -0.773. The van der Waals surface area contributed by atoms with E-state index >= 15 is 0 Å². The van der Waals surface area contributed by atoms with Gasteiger partial charge >= 0.3 is 5.97 Å². The van der Waals surface area contributed by atoms with E-state index in [1.807, 2.05) is 0 Å². The summed E-state index contributed by atoms with van der Waals surface area (Å²) >= 11 is 0. The first kappa shape index (κ1) is 9.06. The van der Waals surface area contributed by atoms with E-state index in [9.17, 15) is 4.79 Å². The summed E-state index contributed by atoms with van der Waals surface area (Å²) in [7, 11) is 0. The van der Waals surface area contributed by atoms with Crippen molar-refractivity contribution >= 4 is 5.97 Å². The van der Waals surface area contributed by atoms with Crippen LogP contribution in [0.5, 0.6) is 0 Å². The molecule has 0 amide bonds.